The molecule has 4 heterocycles. The molecule has 2 aromatic rings. The van der Waals surface area contributed by atoms with Crippen molar-refractivity contribution in [3.63, 3.8) is 0 Å². The lowest BCUT2D eigenvalue weighted by Crippen LogP contribution is -3.10. The lowest BCUT2D eigenvalue weighted by molar-refractivity contribution is -0.840. The highest BCUT2D eigenvalue weighted by Gasteiger charge is 2.22. The zero-order chi connectivity index (χ0) is 21.0. The smallest absolute Gasteiger partial charge is 0.225 e. The Morgan fingerprint density at radius 3 is 1.34 bits per heavy atom. The summed E-state index contributed by atoms with van der Waals surface area (Å²) in [5, 5.41) is 0. The van der Waals surface area contributed by atoms with Crippen molar-refractivity contribution in [1.82, 2.24) is 19.8 Å². The van der Waals surface area contributed by atoms with E-state index < -0.39 is 0 Å². The van der Waals surface area contributed by atoms with Crippen LogP contribution in [0.2, 0.25) is 0 Å². The molecular weight excluding hydrogens is 443 g/mol. The van der Waals surface area contributed by atoms with Gasteiger partial charge in [-0.3, -0.25) is 19.6 Å². The van der Waals surface area contributed by atoms with Gasteiger partial charge >= 0.3 is 0 Å². The van der Waals surface area contributed by atoms with E-state index in [2.05, 4.69) is 57.2 Å². The molecule has 6 nitrogen and oxygen atoms in total. The maximum Gasteiger partial charge on any atom is 0.225 e. The second-order valence-corrected chi connectivity index (χ2v) is 7.82. The molecule has 0 aliphatic carbocycles. The van der Waals surface area contributed by atoms with Crippen LogP contribution in [-0.4, -0.2) is 85.2 Å². The molecule has 0 amide bonds. The SMILES string of the molecule is C=CCN1CC[NH+](c2ccccn2)CC1.C=CCN1CC[NH+](c2ccccn2)CC1.[Cl-].[Cl-]. The van der Waals surface area contributed by atoms with Crippen LogP contribution >= 0.6 is 0 Å². The fourth-order valence-electron chi connectivity index (χ4n) is 4.03. The molecule has 2 aromatic heterocycles. The first-order valence-corrected chi connectivity index (χ1v) is 11.0. The number of nitrogens with zero attached hydrogens (tertiary/aromatic N) is 4. The predicted molar refractivity (Wildman–Crippen MR) is 122 cm³/mol. The maximum atomic E-state index is 4.40. The Morgan fingerprint density at radius 2 is 1.06 bits per heavy atom. The minimum absolute atomic E-state index is 0. The average Bonchev–Trinajstić information content (AvgIpc) is 2.82. The minimum atomic E-state index is 0. The Balaban J connectivity index is 0.000000301. The maximum absolute atomic E-state index is 4.40. The number of rotatable bonds is 6. The van der Waals surface area contributed by atoms with E-state index in [-0.39, 0.29) is 24.8 Å². The van der Waals surface area contributed by atoms with Crippen molar-refractivity contribution < 1.29 is 34.6 Å². The molecule has 8 heteroatoms. The number of aromatic nitrogens is 2. The van der Waals surface area contributed by atoms with Gasteiger partial charge in [0.1, 0.15) is 0 Å². The third-order valence-electron chi connectivity index (χ3n) is 5.75. The van der Waals surface area contributed by atoms with Gasteiger partial charge in [-0.2, -0.15) is 0 Å². The lowest BCUT2D eigenvalue weighted by Gasteiger charge is -2.30. The highest BCUT2D eigenvalue weighted by atomic mass is 35.5. The normalized spacial score (nSPS) is 17.8. The van der Waals surface area contributed by atoms with E-state index in [1.54, 1.807) is 0 Å². The zero-order valence-electron chi connectivity index (χ0n) is 18.8. The summed E-state index contributed by atoms with van der Waals surface area (Å²) in [6.45, 7) is 18.7. The Morgan fingerprint density at radius 1 is 0.688 bits per heavy atom. The third kappa shape index (κ3) is 8.98. The molecule has 0 spiro atoms. The van der Waals surface area contributed by atoms with Crippen molar-refractivity contribution in [3.05, 3.63) is 74.1 Å². The van der Waals surface area contributed by atoms with Crippen LogP contribution in [-0.2, 0) is 0 Å². The third-order valence-corrected chi connectivity index (χ3v) is 5.75. The monoisotopic (exact) mass is 478 g/mol. The van der Waals surface area contributed by atoms with E-state index in [1.807, 2.05) is 36.7 Å². The van der Waals surface area contributed by atoms with Crippen LogP contribution in [0.5, 0.6) is 0 Å². The fraction of sp³-hybridized carbons (Fsp3) is 0.417. The van der Waals surface area contributed by atoms with Gasteiger partial charge in [0.2, 0.25) is 11.6 Å². The number of quaternary nitrogens is 2. The van der Waals surface area contributed by atoms with Crippen molar-refractivity contribution >= 4 is 11.6 Å². The zero-order valence-corrected chi connectivity index (χ0v) is 20.3. The molecule has 0 radical (unpaired) electrons. The van der Waals surface area contributed by atoms with Crippen molar-refractivity contribution in [2.45, 2.75) is 0 Å². The van der Waals surface area contributed by atoms with Crippen LogP contribution in [0.15, 0.2) is 74.1 Å². The van der Waals surface area contributed by atoms with Gasteiger partial charge in [0.15, 0.2) is 0 Å². The van der Waals surface area contributed by atoms with Gasteiger partial charge in [0.25, 0.3) is 0 Å². The number of pyridine rings is 2. The minimum Gasteiger partial charge on any atom is -1.00 e. The molecule has 176 valence electrons. The Kier molecular flexibility index (Phi) is 14.0. The molecular formula is C24H36Cl2N6. The van der Waals surface area contributed by atoms with Crippen LogP contribution in [0, 0.1) is 0 Å². The number of piperazine rings is 2. The van der Waals surface area contributed by atoms with E-state index in [4.69, 9.17) is 0 Å². The van der Waals surface area contributed by atoms with Crippen molar-refractivity contribution in [3.8, 4) is 0 Å². The number of halogens is 2. The van der Waals surface area contributed by atoms with Gasteiger partial charge in [0.05, 0.1) is 26.2 Å². The summed E-state index contributed by atoms with van der Waals surface area (Å²) in [5.41, 5.74) is 0. The summed E-state index contributed by atoms with van der Waals surface area (Å²) < 4.78 is 0. The summed E-state index contributed by atoms with van der Waals surface area (Å²) in [6.07, 6.45) is 7.70. The standard InChI is InChI=1S/2C12H17N3.2ClH/c2*1-2-7-14-8-10-15(11-9-14)12-5-3-4-6-13-12;;/h2*2-6H,1,7-11H2;2*1H. The van der Waals surface area contributed by atoms with Gasteiger partial charge in [-0.25, -0.2) is 9.97 Å². The summed E-state index contributed by atoms with van der Waals surface area (Å²) >= 11 is 0. The van der Waals surface area contributed by atoms with Gasteiger partial charge < -0.3 is 24.8 Å². The topological polar surface area (TPSA) is 41.1 Å². The second-order valence-electron chi connectivity index (χ2n) is 7.82. The predicted octanol–water partition coefficient (Wildman–Crippen LogP) is -5.79. The van der Waals surface area contributed by atoms with E-state index in [1.165, 1.54) is 21.4 Å². The van der Waals surface area contributed by atoms with Crippen LogP contribution in [0.3, 0.4) is 0 Å². The molecule has 2 N–H and O–H groups in total. The molecule has 0 atom stereocenters. The van der Waals surface area contributed by atoms with Gasteiger partial charge in [-0.15, -0.1) is 13.2 Å². The van der Waals surface area contributed by atoms with E-state index in [9.17, 15) is 0 Å². The molecule has 32 heavy (non-hydrogen) atoms. The molecule has 0 aromatic carbocycles. The second kappa shape index (κ2) is 15.9. The van der Waals surface area contributed by atoms with Crippen LogP contribution < -0.4 is 34.6 Å². The molecule has 0 bridgehead atoms. The van der Waals surface area contributed by atoms with E-state index in [0.717, 1.165) is 65.4 Å². The van der Waals surface area contributed by atoms with Crippen LogP contribution in [0.1, 0.15) is 0 Å². The van der Waals surface area contributed by atoms with E-state index in [0.29, 0.717) is 0 Å². The number of hydrogen-bond donors (Lipinski definition) is 2. The molecule has 0 unspecified atom stereocenters. The summed E-state index contributed by atoms with van der Waals surface area (Å²) in [6, 6.07) is 12.3. The molecule has 4 rings (SSSR count). The van der Waals surface area contributed by atoms with Crippen molar-refractivity contribution in [2.24, 2.45) is 0 Å². The summed E-state index contributed by atoms with van der Waals surface area (Å²) in [4.78, 5) is 16.6. The Hall–Kier alpha value is -1.80. The summed E-state index contributed by atoms with van der Waals surface area (Å²) in [5.74, 6) is 2.35. The van der Waals surface area contributed by atoms with Gasteiger partial charge in [0, 0.05) is 63.8 Å². The van der Waals surface area contributed by atoms with Crippen LogP contribution in [0.25, 0.3) is 0 Å². The molecule has 2 aliphatic rings. The van der Waals surface area contributed by atoms with Crippen LogP contribution in [0.4, 0.5) is 11.6 Å². The number of nitrogens with one attached hydrogen (secondary N) is 2. The fourth-order valence-corrected chi connectivity index (χ4v) is 4.03. The largest absolute Gasteiger partial charge is 1.00 e. The molecule has 2 aliphatic heterocycles. The molecule has 2 fully saturated rings. The average molecular weight is 480 g/mol. The lowest BCUT2D eigenvalue weighted by atomic mass is 10.3. The highest BCUT2D eigenvalue weighted by molar-refractivity contribution is 5.17. The highest BCUT2D eigenvalue weighted by Crippen LogP contribution is 1.97. The molecule has 2 saturated heterocycles. The number of hydrogen-bond acceptors (Lipinski definition) is 4. The van der Waals surface area contributed by atoms with Gasteiger partial charge in [-0.1, -0.05) is 24.3 Å². The quantitative estimate of drug-likeness (QED) is 0.406. The Bertz CT molecular complexity index is 680. The van der Waals surface area contributed by atoms with Crippen molar-refractivity contribution in [1.29, 1.82) is 0 Å². The summed E-state index contributed by atoms with van der Waals surface area (Å²) in [7, 11) is 0. The first-order valence-electron chi connectivity index (χ1n) is 11.0. The van der Waals surface area contributed by atoms with Gasteiger partial charge in [-0.05, 0) is 12.1 Å². The van der Waals surface area contributed by atoms with Crippen molar-refractivity contribution in [2.75, 3.05) is 65.4 Å². The molecule has 0 saturated carbocycles. The first-order chi connectivity index (χ1) is 14.8. The first kappa shape index (κ1) is 28.2. The Labute approximate surface area is 205 Å². The van der Waals surface area contributed by atoms with E-state index >= 15 is 0 Å².